The lowest BCUT2D eigenvalue weighted by Crippen LogP contribution is -1.97. The van der Waals surface area contributed by atoms with Gasteiger partial charge < -0.3 is 4.74 Å². The van der Waals surface area contributed by atoms with E-state index in [4.69, 9.17) is 10.00 Å². The van der Waals surface area contributed by atoms with E-state index in [1.165, 1.54) is 0 Å². The van der Waals surface area contributed by atoms with E-state index in [9.17, 15) is 20.2 Å². The Bertz CT molecular complexity index is 447. The molecule has 16 heavy (non-hydrogen) atoms. The Hall–Kier alpha value is -2.69. The van der Waals surface area contributed by atoms with Gasteiger partial charge in [0.15, 0.2) is 6.61 Å². The second-order valence-electron chi connectivity index (χ2n) is 2.65. The van der Waals surface area contributed by atoms with Crippen molar-refractivity contribution < 1.29 is 14.6 Å². The van der Waals surface area contributed by atoms with Crippen molar-refractivity contribution in [3.05, 3.63) is 38.4 Å². The van der Waals surface area contributed by atoms with Crippen LogP contribution in [-0.4, -0.2) is 16.5 Å². The predicted octanol–water partition coefficient (Wildman–Crippen LogP) is 1.41. The van der Waals surface area contributed by atoms with Crippen LogP contribution in [0.1, 0.15) is 0 Å². The third-order valence-electron chi connectivity index (χ3n) is 1.60. The summed E-state index contributed by atoms with van der Waals surface area (Å²) < 4.78 is 4.77. The van der Waals surface area contributed by atoms with E-state index < -0.39 is 21.2 Å². The zero-order valence-electron chi connectivity index (χ0n) is 7.82. The molecular weight excluding hydrogens is 218 g/mol. The number of hydrogen-bond donors (Lipinski definition) is 0. The molecule has 0 bridgehead atoms. The van der Waals surface area contributed by atoms with Crippen molar-refractivity contribution >= 4 is 11.4 Å². The van der Waals surface area contributed by atoms with E-state index in [0.717, 1.165) is 18.2 Å². The Morgan fingerprint density at radius 1 is 1.19 bits per heavy atom. The fraction of sp³-hybridized carbons (Fsp3) is 0.125. The van der Waals surface area contributed by atoms with Gasteiger partial charge in [-0.1, -0.05) is 0 Å². The highest BCUT2D eigenvalue weighted by atomic mass is 16.6. The summed E-state index contributed by atoms with van der Waals surface area (Å²) in [6.07, 6.45) is 0. The van der Waals surface area contributed by atoms with Crippen LogP contribution in [0.15, 0.2) is 18.2 Å². The lowest BCUT2D eigenvalue weighted by atomic mass is 10.2. The highest BCUT2D eigenvalue weighted by molar-refractivity contribution is 5.49. The summed E-state index contributed by atoms with van der Waals surface area (Å²) in [5.41, 5.74) is -0.913. The molecule has 0 radical (unpaired) electrons. The zero-order valence-corrected chi connectivity index (χ0v) is 7.82. The van der Waals surface area contributed by atoms with Crippen LogP contribution in [-0.2, 0) is 0 Å². The molecule has 82 valence electrons. The summed E-state index contributed by atoms with van der Waals surface area (Å²) in [6.45, 7) is -0.335. The average Bonchev–Trinajstić information content (AvgIpc) is 2.25. The number of benzene rings is 1. The molecule has 1 rings (SSSR count). The summed E-state index contributed by atoms with van der Waals surface area (Å²) in [4.78, 5) is 19.4. The number of nitriles is 1. The molecule has 0 heterocycles. The van der Waals surface area contributed by atoms with Gasteiger partial charge in [-0.05, 0) is 0 Å². The van der Waals surface area contributed by atoms with Gasteiger partial charge >= 0.3 is 0 Å². The van der Waals surface area contributed by atoms with Gasteiger partial charge in [0.25, 0.3) is 11.4 Å². The Labute approximate surface area is 89.0 Å². The first kappa shape index (κ1) is 11.4. The number of nitro groups is 2. The zero-order chi connectivity index (χ0) is 12.1. The second-order valence-corrected chi connectivity index (χ2v) is 2.65. The normalized spacial score (nSPS) is 9.19. The molecule has 0 atom stereocenters. The Morgan fingerprint density at radius 3 is 2.06 bits per heavy atom. The minimum atomic E-state index is -0.772. The second kappa shape index (κ2) is 4.70. The number of nitro benzene ring substituents is 2. The van der Waals surface area contributed by atoms with Gasteiger partial charge in [0.2, 0.25) is 0 Å². The highest BCUT2D eigenvalue weighted by Crippen LogP contribution is 2.27. The van der Waals surface area contributed by atoms with Crippen LogP contribution in [0, 0.1) is 31.6 Å². The smallest absolute Gasteiger partial charge is 0.280 e. The fourth-order valence-electron chi connectivity index (χ4n) is 0.978. The third-order valence-corrected chi connectivity index (χ3v) is 1.60. The minimum Gasteiger partial charge on any atom is -0.478 e. The topological polar surface area (TPSA) is 119 Å². The molecule has 1 aromatic carbocycles. The Morgan fingerprint density at radius 2 is 1.69 bits per heavy atom. The standard InChI is InChI=1S/C8H5N3O5/c9-1-2-16-8-4-6(10(12)13)3-7(5-8)11(14)15/h3-5H,2H2. The molecule has 0 saturated carbocycles. The van der Waals surface area contributed by atoms with Crippen molar-refractivity contribution in [2.24, 2.45) is 0 Å². The molecule has 0 fully saturated rings. The average molecular weight is 223 g/mol. The van der Waals surface area contributed by atoms with Crippen molar-refractivity contribution in [2.45, 2.75) is 0 Å². The van der Waals surface area contributed by atoms with Crippen molar-refractivity contribution in [3.63, 3.8) is 0 Å². The summed E-state index contributed by atoms with van der Waals surface area (Å²) in [6, 6.07) is 4.51. The van der Waals surface area contributed by atoms with E-state index in [-0.39, 0.29) is 12.4 Å². The maximum absolute atomic E-state index is 10.5. The summed E-state index contributed by atoms with van der Waals surface area (Å²) in [5.74, 6) is -0.0811. The van der Waals surface area contributed by atoms with E-state index in [2.05, 4.69) is 0 Å². The van der Waals surface area contributed by atoms with Crippen molar-refractivity contribution in [1.29, 1.82) is 5.26 Å². The van der Waals surface area contributed by atoms with Crippen LogP contribution < -0.4 is 4.74 Å². The van der Waals surface area contributed by atoms with Crippen molar-refractivity contribution in [3.8, 4) is 11.8 Å². The monoisotopic (exact) mass is 223 g/mol. The highest BCUT2D eigenvalue weighted by Gasteiger charge is 2.16. The Balaban J connectivity index is 3.14. The molecule has 1 aromatic rings. The van der Waals surface area contributed by atoms with Crippen LogP contribution in [0.5, 0.6) is 5.75 Å². The molecular formula is C8H5N3O5. The van der Waals surface area contributed by atoms with Gasteiger partial charge in [-0.2, -0.15) is 5.26 Å². The molecule has 0 aliphatic rings. The Kier molecular flexibility index (Phi) is 3.34. The molecule has 0 saturated heterocycles. The van der Waals surface area contributed by atoms with Crippen LogP contribution in [0.25, 0.3) is 0 Å². The number of hydrogen-bond acceptors (Lipinski definition) is 6. The van der Waals surface area contributed by atoms with Crippen molar-refractivity contribution in [1.82, 2.24) is 0 Å². The largest absolute Gasteiger partial charge is 0.478 e. The third kappa shape index (κ3) is 2.65. The number of nitrogens with zero attached hydrogens (tertiary/aromatic N) is 3. The first-order chi connectivity index (χ1) is 7.54. The van der Waals surface area contributed by atoms with Gasteiger partial charge in [0.05, 0.1) is 28.0 Å². The van der Waals surface area contributed by atoms with E-state index in [0.29, 0.717) is 0 Å². The van der Waals surface area contributed by atoms with Crippen LogP contribution in [0.3, 0.4) is 0 Å². The molecule has 0 spiro atoms. The molecule has 0 aliphatic heterocycles. The summed E-state index contributed by atoms with van der Waals surface area (Å²) in [7, 11) is 0. The first-order valence-corrected chi connectivity index (χ1v) is 3.98. The fourth-order valence-corrected chi connectivity index (χ4v) is 0.978. The molecule has 8 heteroatoms. The van der Waals surface area contributed by atoms with Crippen LogP contribution >= 0.6 is 0 Å². The maximum atomic E-state index is 10.5. The van der Waals surface area contributed by atoms with E-state index in [1.807, 2.05) is 0 Å². The number of non-ortho nitro benzene ring substituents is 2. The van der Waals surface area contributed by atoms with Gasteiger partial charge in [-0.15, -0.1) is 0 Å². The summed E-state index contributed by atoms with van der Waals surface area (Å²) >= 11 is 0. The molecule has 0 amide bonds. The lowest BCUT2D eigenvalue weighted by Gasteiger charge is -2.01. The predicted molar refractivity (Wildman–Crippen MR) is 50.9 cm³/mol. The minimum absolute atomic E-state index is 0.0811. The SMILES string of the molecule is N#CCOc1cc([N+](=O)[O-])cc([N+](=O)[O-])c1. The molecule has 0 N–H and O–H groups in total. The number of ether oxygens (including phenoxy) is 1. The molecule has 0 aliphatic carbocycles. The molecule has 8 nitrogen and oxygen atoms in total. The quantitative estimate of drug-likeness (QED) is 0.562. The van der Waals surface area contributed by atoms with Crippen LogP contribution in [0.2, 0.25) is 0 Å². The molecule has 0 unspecified atom stereocenters. The van der Waals surface area contributed by atoms with E-state index >= 15 is 0 Å². The van der Waals surface area contributed by atoms with E-state index in [1.54, 1.807) is 6.07 Å². The van der Waals surface area contributed by atoms with Gasteiger partial charge in [0.1, 0.15) is 11.8 Å². The summed E-state index contributed by atoms with van der Waals surface area (Å²) in [5, 5.41) is 29.2. The van der Waals surface area contributed by atoms with Gasteiger partial charge in [-0.3, -0.25) is 20.2 Å². The van der Waals surface area contributed by atoms with Gasteiger partial charge in [-0.25, -0.2) is 0 Å². The number of rotatable bonds is 4. The van der Waals surface area contributed by atoms with Gasteiger partial charge in [0, 0.05) is 0 Å². The van der Waals surface area contributed by atoms with Crippen molar-refractivity contribution in [2.75, 3.05) is 6.61 Å². The lowest BCUT2D eigenvalue weighted by molar-refractivity contribution is -0.394. The first-order valence-electron chi connectivity index (χ1n) is 3.98. The van der Waals surface area contributed by atoms with Crippen LogP contribution in [0.4, 0.5) is 11.4 Å². The molecule has 0 aromatic heterocycles. The maximum Gasteiger partial charge on any atom is 0.280 e.